The average Bonchev–Trinajstić information content (AvgIpc) is 2.73. The largest absolute Gasteiger partial charge is 0.465 e. The molecule has 0 saturated carbocycles. The molecule has 1 atom stereocenters. The highest BCUT2D eigenvalue weighted by molar-refractivity contribution is 6.06. The molecule has 1 amide bonds. The third-order valence-electron chi connectivity index (χ3n) is 4.82. The fourth-order valence-corrected chi connectivity index (χ4v) is 3.43. The molecule has 0 bridgehead atoms. The molecule has 6 nitrogen and oxygen atoms in total. The molecule has 0 radical (unpaired) electrons. The molecule has 2 N–H and O–H groups in total. The van der Waals surface area contributed by atoms with Crippen molar-refractivity contribution >= 4 is 17.6 Å². The molecule has 1 aliphatic heterocycles. The summed E-state index contributed by atoms with van der Waals surface area (Å²) in [7, 11) is 1.32. The van der Waals surface area contributed by atoms with Crippen LogP contribution in [-0.4, -0.2) is 19.0 Å². The van der Waals surface area contributed by atoms with Gasteiger partial charge in [0.1, 0.15) is 0 Å². The van der Waals surface area contributed by atoms with Crippen LogP contribution in [0.15, 0.2) is 77.1 Å². The zero-order chi connectivity index (χ0) is 21.0. The van der Waals surface area contributed by atoms with Gasteiger partial charge in [-0.25, -0.2) is 4.79 Å². The number of allylic oxidation sites excluding steroid dienone is 3. The number of carbonyl (C=O) groups excluding carboxylic acids is 2. The molecule has 2 aromatic carbocycles. The summed E-state index contributed by atoms with van der Waals surface area (Å²) in [6.45, 7) is 3.62. The van der Waals surface area contributed by atoms with Crippen LogP contribution in [0.3, 0.4) is 0 Å². The van der Waals surface area contributed by atoms with E-state index in [-0.39, 0.29) is 5.91 Å². The van der Waals surface area contributed by atoms with Crippen LogP contribution in [0, 0.1) is 11.3 Å². The first kappa shape index (κ1) is 19.9. The SMILES string of the molecule is COC(=O)c1ccc([C@H]2C(C#N)=C(C)NC(C)=C2C(=O)Nc2ccccc2)cc1. The average molecular weight is 387 g/mol. The van der Waals surface area contributed by atoms with E-state index in [1.54, 1.807) is 36.4 Å². The maximum atomic E-state index is 13.1. The number of esters is 1. The van der Waals surface area contributed by atoms with Crippen molar-refractivity contribution in [2.75, 3.05) is 12.4 Å². The van der Waals surface area contributed by atoms with E-state index in [4.69, 9.17) is 4.74 Å². The Morgan fingerprint density at radius 1 is 1.03 bits per heavy atom. The van der Waals surface area contributed by atoms with Gasteiger partial charge in [-0.1, -0.05) is 30.3 Å². The molecule has 146 valence electrons. The van der Waals surface area contributed by atoms with E-state index in [0.717, 1.165) is 5.56 Å². The number of nitriles is 1. The Morgan fingerprint density at radius 3 is 2.28 bits per heavy atom. The maximum Gasteiger partial charge on any atom is 0.337 e. The first-order valence-corrected chi connectivity index (χ1v) is 9.09. The Balaban J connectivity index is 2.03. The van der Waals surface area contributed by atoms with Crippen molar-refractivity contribution in [3.05, 3.63) is 88.3 Å². The molecule has 29 heavy (non-hydrogen) atoms. The van der Waals surface area contributed by atoms with Gasteiger partial charge in [-0.3, -0.25) is 4.79 Å². The quantitative estimate of drug-likeness (QED) is 0.777. The number of hydrogen-bond donors (Lipinski definition) is 2. The van der Waals surface area contributed by atoms with Crippen LogP contribution < -0.4 is 10.6 Å². The smallest absolute Gasteiger partial charge is 0.337 e. The minimum atomic E-state index is -0.545. The summed E-state index contributed by atoms with van der Waals surface area (Å²) >= 11 is 0. The third-order valence-corrected chi connectivity index (χ3v) is 4.82. The lowest BCUT2D eigenvalue weighted by Gasteiger charge is -2.29. The summed E-state index contributed by atoms with van der Waals surface area (Å²) in [6, 6.07) is 18.1. The number of benzene rings is 2. The molecule has 6 heteroatoms. The van der Waals surface area contributed by atoms with Crippen LogP contribution in [0.1, 0.15) is 35.7 Å². The predicted molar refractivity (Wildman–Crippen MR) is 110 cm³/mol. The number of para-hydroxylation sites is 1. The number of nitrogens with zero attached hydrogens (tertiary/aromatic N) is 1. The van der Waals surface area contributed by atoms with E-state index >= 15 is 0 Å². The van der Waals surface area contributed by atoms with Crippen molar-refractivity contribution in [3.8, 4) is 6.07 Å². The maximum absolute atomic E-state index is 13.1. The van der Waals surface area contributed by atoms with E-state index in [0.29, 0.717) is 33.8 Å². The number of anilines is 1. The van der Waals surface area contributed by atoms with E-state index in [1.165, 1.54) is 7.11 Å². The first-order valence-electron chi connectivity index (χ1n) is 9.09. The highest BCUT2D eigenvalue weighted by atomic mass is 16.5. The highest BCUT2D eigenvalue weighted by Gasteiger charge is 2.33. The van der Waals surface area contributed by atoms with Gasteiger partial charge in [0, 0.05) is 22.7 Å². The predicted octanol–water partition coefficient (Wildman–Crippen LogP) is 3.87. The molecule has 2 aromatic rings. The topological polar surface area (TPSA) is 91.2 Å². The Bertz CT molecular complexity index is 1050. The fraction of sp³-hybridized carbons (Fsp3) is 0.174. The summed E-state index contributed by atoms with van der Waals surface area (Å²) in [6.07, 6.45) is 0. The molecule has 1 aliphatic rings. The van der Waals surface area contributed by atoms with E-state index in [1.807, 2.05) is 32.0 Å². The minimum Gasteiger partial charge on any atom is -0.465 e. The summed E-state index contributed by atoms with van der Waals surface area (Å²) < 4.78 is 4.74. The van der Waals surface area contributed by atoms with Crippen LogP contribution in [0.2, 0.25) is 0 Å². The van der Waals surface area contributed by atoms with Gasteiger partial charge >= 0.3 is 5.97 Å². The van der Waals surface area contributed by atoms with Gasteiger partial charge in [-0.05, 0) is 43.7 Å². The zero-order valence-electron chi connectivity index (χ0n) is 16.4. The van der Waals surface area contributed by atoms with Gasteiger partial charge in [-0.2, -0.15) is 5.26 Å². The summed E-state index contributed by atoms with van der Waals surface area (Å²) in [5.41, 5.74) is 4.11. The number of methoxy groups -OCH3 is 1. The molecular weight excluding hydrogens is 366 g/mol. The second kappa shape index (κ2) is 8.44. The summed E-state index contributed by atoms with van der Waals surface area (Å²) in [5, 5.41) is 15.8. The number of rotatable bonds is 4. The van der Waals surface area contributed by atoms with Crippen LogP contribution >= 0.6 is 0 Å². The van der Waals surface area contributed by atoms with Gasteiger partial charge in [0.15, 0.2) is 0 Å². The van der Waals surface area contributed by atoms with E-state index in [9.17, 15) is 14.9 Å². The van der Waals surface area contributed by atoms with Crippen molar-refractivity contribution in [2.24, 2.45) is 0 Å². The van der Waals surface area contributed by atoms with Gasteiger partial charge in [0.05, 0.1) is 30.2 Å². The lowest BCUT2D eigenvalue weighted by atomic mass is 9.80. The van der Waals surface area contributed by atoms with Crippen LogP contribution in [0.25, 0.3) is 0 Å². The van der Waals surface area contributed by atoms with E-state index < -0.39 is 11.9 Å². The van der Waals surface area contributed by atoms with Crippen LogP contribution in [0.4, 0.5) is 5.69 Å². The molecule has 0 aromatic heterocycles. The van der Waals surface area contributed by atoms with Crippen molar-refractivity contribution in [2.45, 2.75) is 19.8 Å². The number of ether oxygens (including phenoxy) is 1. The van der Waals surface area contributed by atoms with Crippen molar-refractivity contribution < 1.29 is 14.3 Å². The number of hydrogen-bond acceptors (Lipinski definition) is 5. The summed E-state index contributed by atoms with van der Waals surface area (Å²) in [5.74, 6) is -1.27. The van der Waals surface area contributed by atoms with Crippen LogP contribution in [0.5, 0.6) is 0 Å². The van der Waals surface area contributed by atoms with Crippen LogP contribution in [-0.2, 0) is 9.53 Å². The number of amides is 1. The molecule has 0 fully saturated rings. The number of carbonyl (C=O) groups is 2. The molecule has 0 spiro atoms. The van der Waals surface area contributed by atoms with Crippen molar-refractivity contribution in [1.29, 1.82) is 5.26 Å². The minimum absolute atomic E-state index is 0.288. The normalized spacial score (nSPS) is 16.0. The fourth-order valence-electron chi connectivity index (χ4n) is 3.43. The van der Waals surface area contributed by atoms with Gasteiger partial charge in [0.25, 0.3) is 5.91 Å². The second-order valence-corrected chi connectivity index (χ2v) is 6.68. The Kier molecular flexibility index (Phi) is 5.79. The van der Waals surface area contributed by atoms with Gasteiger partial charge < -0.3 is 15.4 Å². The molecule has 0 aliphatic carbocycles. The molecule has 1 heterocycles. The number of nitrogens with one attached hydrogen (secondary N) is 2. The first-order chi connectivity index (χ1) is 14.0. The van der Waals surface area contributed by atoms with Crippen molar-refractivity contribution in [3.63, 3.8) is 0 Å². The number of dihydropyridines is 1. The lowest BCUT2D eigenvalue weighted by Crippen LogP contribution is -2.30. The van der Waals surface area contributed by atoms with Gasteiger partial charge in [0.2, 0.25) is 0 Å². The molecule has 0 saturated heterocycles. The molecular formula is C23H21N3O3. The Labute approximate surface area is 169 Å². The summed E-state index contributed by atoms with van der Waals surface area (Å²) in [4.78, 5) is 24.9. The molecule has 0 unspecified atom stereocenters. The third kappa shape index (κ3) is 4.04. The van der Waals surface area contributed by atoms with Gasteiger partial charge in [-0.15, -0.1) is 0 Å². The Hall–Kier alpha value is -3.85. The second-order valence-electron chi connectivity index (χ2n) is 6.68. The Morgan fingerprint density at radius 2 is 1.69 bits per heavy atom. The monoisotopic (exact) mass is 387 g/mol. The van der Waals surface area contributed by atoms with E-state index in [2.05, 4.69) is 16.7 Å². The lowest BCUT2D eigenvalue weighted by molar-refractivity contribution is -0.113. The standard InChI is InChI=1S/C23H21N3O3/c1-14-19(13-24)21(16-9-11-17(12-10-16)23(28)29-3)20(15(2)25-14)22(27)26-18-7-5-4-6-8-18/h4-12,21,25H,1-3H3,(H,26,27)/t21-/m0/s1. The highest BCUT2D eigenvalue weighted by Crippen LogP contribution is 2.38. The molecule has 3 rings (SSSR count). The zero-order valence-corrected chi connectivity index (χ0v) is 16.4. The van der Waals surface area contributed by atoms with Crippen molar-refractivity contribution in [1.82, 2.24) is 5.32 Å².